The second-order valence-electron chi connectivity index (χ2n) is 3.81. The minimum absolute atomic E-state index is 0.359. The van der Waals surface area contributed by atoms with Crippen LogP contribution < -0.4 is 16.0 Å². The Bertz CT molecular complexity index is 324. The number of nitrogen functional groups attached to an aromatic ring is 1. The van der Waals surface area contributed by atoms with Gasteiger partial charge < -0.3 is 16.0 Å². The predicted octanol–water partition coefficient (Wildman–Crippen LogP) is 1.34. The summed E-state index contributed by atoms with van der Waals surface area (Å²) in [6, 6.07) is 0.359. The van der Waals surface area contributed by atoms with E-state index in [0.29, 0.717) is 17.5 Å². The van der Waals surface area contributed by atoms with E-state index in [4.69, 9.17) is 5.73 Å². The number of rotatable bonds is 4. The van der Waals surface area contributed by atoms with E-state index in [9.17, 15) is 0 Å². The van der Waals surface area contributed by atoms with E-state index in [2.05, 4.69) is 29.1 Å². The van der Waals surface area contributed by atoms with Gasteiger partial charge in [-0.25, -0.2) is 9.97 Å². The van der Waals surface area contributed by atoms with Crippen LogP contribution in [0.15, 0.2) is 6.33 Å². The van der Waals surface area contributed by atoms with E-state index < -0.39 is 0 Å². The highest BCUT2D eigenvalue weighted by Gasteiger charge is 2.10. The Hall–Kier alpha value is -1.52. The van der Waals surface area contributed by atoms with Gasteiger partial charge in [-0.15, -0.1) is 0 Å². The molecule has 0 saturated carbocycles. The lowest BCUT2D eigenvalue weighted by molar-refractivity contribution is 0.759. The van der Waals surface area contributed by atoms with Crippen LogP contribution in [0.1, 0.15) is 20.3 Å². The lowest BCUT2D eigenvalue weighted by Gasteiger charge is -2.18. The average molecular weight is 209 g/mol. The zero-order chi connectivity index (χ0) is 11.4. The summed E-state index contributed by atoms with van der Waals surface area (Å²) >= 11 is 0. The molecule has 0 aromatic carbocycles. The molecule has 3 N–H and O–H groups in total. The average Bonchev–Trinajstić information content (AvgIpc) is 2.20. The van der Waals surface area contributed by atoms with E-state index >= 15 is 0 Å². The standard InChI is InChI=1S/C10H19N5/c1-5-7(2)14-9-8(11)10(15(3)4)13-6-12-9/h6-7H,5,11H2,1-4H3,(H,12,13,14). The van der Waals surface area contributed by atoms with Gasteiger partial charge in [-0.3, -0.25) is 0 Å². The fourth-order valence-electron chi connectivity index (χ4n) is 1.19. The minimum atomic E-state index is 0.359. The molecule has 1 unspecified atom stereocenters. The van der Waals surface area contributed by atoms with Crippen molar-refractivity contribution < 1.29 is 0 Å². The molecule has 0 fully saturated rings. The fraction of sp³-hybridized carbons (Fsp3) is 0.600. The SMILES string of the molecule is CCC(C)Nc1ncnc(N(C)C)c1N. The fourth-order valence-corrected chi connectivity index (χ4v) is 1.19. The van der Waals surface area contributed by atoms with Gasteiger partial charge in [0.25, 0.3) is 0 Å². The van der Waals surface area contributed by atoms with Crippen LogP contribution in [0.4, 0.5) is 17.3 Å². The molecule has 1 aromatic rings. The summed E-state index contributed by atoms with van der Waals surface area (Å²) in [7, 11) is 3.82. The normalized spacial score (nSPS) is 12.3. The molecule has 0 bridgehead atoms. The summed E-state index contributed by atoms with van der Waals surface area (Å²) < 4.78 is 0. The first-order valence-corrected chi connectivity index (χ1v) is 5.10. The highest BCUT2D eigenvalue weighted by atomic mass is 15.2. The van der Waals surface area contributed by atoms with Crippen LogP contribution in [-0.2, 0) is 0 Å². The van der Waals surface area contributed by atoms with Crippen molar-refractivity contribution in [2.75, 3.05) is 30.0 Å². The van der Waals surface area contributed by atoms with Gasteiger partial charge in [0, 0.05) is 20.1 Å². The lowest BCUT2D eigenvalue weighted by atomic mass is 10.2. The molecule has 0 aliphatic carbocycles. The molecule has 0 spiro atoms. The largest absolute Gasteiger partial charge is 0.393 e. The second-order valence-corrected chi connectivity index (χ2v) is 3.81. The molecular formula is C10H19N5. The van der Waals surface area contributed by atoms with Gasteiger partial charge in [-0.05, 0) is 13.3 Å². The first-order chi connectivity index (χ1) is 7.06. The molecule has 1 rings (SSSR count). The maximum absolute atomic E-state index is 5.96. The first kappa shape index (κ1) is 11.6. The summed E-state index contributed by atoms with van der Waals surface area (Å²) in [4.78, 5) is 10.1. The monoisotopic (exact) mass is 209 g/mol. The third-order valence-electron chi connectivity index (χ3n) is 2.28. The summed E-state index contributed by atoms with van der Waals surface area (Å²) in [5.74, 6) is 1.46. The van der Waals surface area contributed by atoms with E-state index in [1.54, 1.807) is 0 Å². The van der Waals surface area contributed by atoms with Crippen molar-refractivity contribution in [1.29, 1.82) is 0 Å². The van der Waals surface area contributed by atoms with Gasteiger partial charge in [0.05, 0.1) is 0 Å². The van der Waals surface area contributed by atoms with Crippen LogP contribution in [0.3, 0.4) is 0 Å². The van der Waals surface area contributed by atoms with E-state index in [-0.39, 0.29) is 0 Å². The third kappa shape index (κ3) is 2.71. The predicted molar refractivity (Wildman–Crippen MR) is 64.1 cm³/mol. The van der Waals surface area contributed by atoms with E-state index in [0.717, 1.165) is 12.2 Å². The Balaban J connectivity index is 2.94. The molecule has 1 heterocycles. The Morgan fingerprint density at radius 2 is 2.13 bits per heavy atom. The second kappa shape index (κ2) is 4.82. The zero-order valence-corrected chi connectivity index (χ0v) is 9.78. The zero-order valence-electron chi connectivity index (χ0n) is 9.78. The van der Waals surface area contributed by atoms with Crippen molar-refractivity contribution in [3.63, 3.8) is 0 Å². The summed E-state index contributed by atoms with van der Waals surface area (Å²) in [6.45, 7) is 4.21. The molecule has 5 heteroatoms. The number of nitrogens with zero attached hydrogens (tertiary/aromatic N) is 3. The number of nitrogens with two attached hydrogens (primary N) is 1. The highest BCUT2D eigenvalue weighted by Crippen LogP contribution is 2.24. The van der Waals surface area contributed by atoms with Gasteiger partial charge in [0.2, 0.25) is 0 Å². The molecule has 0 aliphatic rings. The van der Waals surface area contributed by atoms with Crippen LogP contribution in [0.25, 0.3) is 0 Å². The van der Waals surface area contributed by atoms with Crippen LogP contribution in [-0.4, -0.2) is 30.1 Å². The van der Waals surface area contributed by atoms with Crippen LogP contribution >= 0.6 is 0 Å². The molecule has 1 atom stereocenters. The Morgan fingerprint density at radius 1 is 1.47 bits per heavy atom. The first-order valence-electron chi connectivity index (χ1n) is 5.10. The minimum Gasteiger partial charge on any atom is -0.393 e. The van der Waals surface area contributed by atoms with Gasteiger partial charge >= 0.3 is 0 Å². The maximum atomic E-state index is 5.96. The van der Waals surface area contributed by atoms with E-state index in [1.807, 2.05) is 19.0 Å². The molecular weight excluding hydrogens is 190 g/mol. The van der Waals surface area contributed by atoms with Gasteiger partial charge in [-0.1, -0.05) is 6.92 Å². The van der Waals surface area contributed by atoms with Crippen molar-refractivity contribution in [3.8, 4) is 0 Å². The summed E-state index contributed by atoms with van der Waals surface area (Å²) in [5.41, 5.74) is 6.56. The van der Waals surface area contributed by atoms with Crippen LogP contribution in [0, 0.1) is 0 Å². The molecule has 0 aliphatic heterocycles. The van der Waals surface area contributed by atoms with Crippen molar-refractivity contribution in [3.05, 3.63) is 6.33 Å². The van der Waals surface area contributed by atoms with Crippen molar-refractivity contribution in [1.82, 2.24) is 9.97 Å². The molecule has 15 heavy (non-hydrogen) atoms. The topological polar surface area (TPSA) is 67.1 Å². The van der Waals surface area contributed by atoms with Crippen molar-refractivity contribution in [2.45, 2.75) is 26.3 Å². The van der Waals surface area contributed by atoms with Gasteiger partial charge in [0.15, 0.2) is 11.6 Å². The Kier molecular flexibility index (Phi) is 3.71. The molecule has 1 aromatic heterocycles. The van der Waals surface area contributed by atoms with Crippen molar-refractivity contribution >= 4 is 17.3 Å². The van der Waals surface area contributed by atoms with Crippen LogP contribution in [0.5, 0.6) is 0 Å². The molecule has 0 amide bonds. The Labute approximate surface area is 90.7 Å². The number of hydrogen-bond acceptors (Lipinski definition) is 5. The maximum Gasteiger partial charge on any atom is 0.156 e. The molecule has 0 radical (unpaired) electrons. The molecule has 0 saturated heterocycles. The smallest absolute Gasteiger partial charge is 0.156 e. The third-order valence-corrected chi connectivity index (χ3v) is 2.28. The lowest BCUT2D eigenvalue weighted by Crippen LogP contribution is -2.19. The summed E-state index contributed by atoms with van der Waals surface area (Å²) in [5, 5.41) is 3.25. The molecule has 84 valence electrons. The van der Waals surface area contributed by atoms with Crippen molar-refractivity contribution in [2.24, 2.45) is 0 Å². The number of anilines is 3. The number of aromatic nitrogens is 2. The summed E-state index contributed by atoms with van der Waals surface area (Å²) in [6.07, 6.45) is 2.55. The van der Waals surface area contributed by atoms with E-state index in [1.165, 1.54) is 6.33 Å². The molecule has 5 nitrogen and oxygen atoms in total. The number of nitrogens with one attached hydrogen (secondary N) is 1. The Morgan fingerprint density at radius 3 is 2.67 bits per heavy atom. The quantitative estimate of drug-likeness (QED) is 0.783. The van der Waals surface area contributed by atoms with Gasteiger partial charge in [0.1, 0.15) is 12.0 Å². The number of hydrogen-bond donors (Lipinski definition) is 2. The van der Waals surface area contributed by atoms with Crippen LogP contribution in [0.2, 0.25) is 0 Å². The van der Waals surface area contributed by atoms with Gasteiger partial charge in [-0.2, -0.15) is 0 Å². The highest BCUT2D eigenvalue weighted by molar-refractivity contribution is 5.74.